The molecule has 3 heteroatoms. The van der Waals surface area contributed by atoms with E-state index in [2.05, 4.69) is 0 Å². The Balaban J connectivity index is 1.89. The Bertz CT molecular complexity index is 196. The van der Waals surface area contributed by atoms with Crippen LogP contribution in [0.25, 0.3) is 0 Å². The van der Waals surface area contributed by atoms with Gasteiger partial charge in [-0.2, -0.15) is 0 Å². The van der Waals surface area contributed by atoms with Crippen molar-refractivity contribution in [3.05, 3.63) is 0 Å². The molecular formula is C10H16O3. The van der Waals surface area contributed by atoms with E-state index in [-0.39, 0.29) is 5.92 Å². The Kier molecular flexibility index (Phi) is 2.54. The predicted molar refractivity (Wildman–Crippen MR) is 47.4 cm³/mol. The summed E-state index contributed by atoms with van der Waals surface area (Å²) in [5, 5.41) is 8.89. The summed E-state index contributed by atoms with van der Waals surface area (Å²) in [6, 6.07) is 0. The Morgan fingerprint density at radius 3 is 2.62 bits per heavy atom. The van der Waals surface area contributed by atoms with E-state index in [9.17, 15) is 4.79 Å². The Hall–Kier alpha value is -0.570. The molecule has 2 aliphatic rings. The normalized spacial score (nSPS) is 39.5. The highest BCUT2D eigenvalue weighted by Crippen LogP contribution is 2.42. The molecule has 0 bridgehead atoms. The fourth-order valence-electron chi connectivity index (χ4n) is 2.50. The summed E-state index contributed by atoms with van der Waals surface area (Å²) < 4.78 is 5.37. The Morgan fingerprint density at radius 2 is 2.15 bits per heavy atom. The molecule has 2 rings (SSSR count). The Labute approximate surface area is 78.1 Å². The van der Waals surface area contributed by atoms with E-state index in [1.165, 1.54) is 0 Å². The average molecular weight is 184 g/mol. The zero-order valence-corrected chi connectivity index (χ0v) is 7.74. The van der Waals surface area contributed by atoms with Crippen LogP contribution in [0.15, 0.2) is 0 Å². The van der Waals surface area contributed by atoms with Gasteiger partial charge in [0.2, 0.25) is 0 Å². The first-order chi connectivity index (χ1) is 6.29. The van der Waals surface area contributed by atoms with Gasteiger partial charge in [-0.05, 0) is 37.5 Å². The van der Waals surface area contributed by atoms with E-state index in [1.54, 1.807) is 0 Å². The predicted octanol–water partition coefficient (Wildman–Crippen LogP) is 1.52. The van der Waals surface area contributed by atoms with Crippen LogP contribution in [0.2, 0.25) is 0 Å². The van der Waals surface area contributed by atoms with Gasteiger partial charge in [0.25, 0.3) is 0 Å². The molecule has 74 valence electrons. The molecule has 0 aromatic rings. The molecule has 0 spiro atoms. The first kappa shape index (κ1) is 9.00. The van der Waals surface area contributed by atoms with E-state index in [0.29, 0.717) is 11.8 Å². The van der Waals surface area contributed by atoms with Crippen molar-refractivity contribution >= 4 is 5.97 Å². The van der Waals surface area contributed by atoms with Crippen LogP contribution in [0, 0.1) is 17.8 Å². The highest BCUT2D eigenvalue weighted by Gasteiger charge is 2.41. The van der Waals surface area contributed by atoms with Gasteiger partial charge in [0.15, 0.2) is 0 Å². The standard InChI is InChI=1S/C10H16O3/c11-10(12)9-4-3-8(9)7-2-1-5-13-6-7/h7-9H,1-6H2,(H,11,12). The molecule has 1 saturated carbocycles. The van der Waals surface area contributed by atoms with E-state index in [1.807, 2.05) is 0 Å². The third-order valence-electron chi connectivity index (χ3n) is 3.45. The molecule has 1 N–H and O–H groups in total. The number of hydrogen-bond acceptors (Lipinski definition) is 2. The van der Waals surface area contributed by atoms with Crippen molar-refractivity contribution in [3.63, 3.8) is 0 Å². The van der Waals surface area contributed by atoms with Gasteiger partial charge in [0, 0.05) is 13.2 Å². The molecule has 1 aliphatic carbocycles. The molecule has 0 amide bonds. The van der Waals surface area contributed by atoms with Crippen LogP contribution in [0.1, 0.15) is 25.7 Å². The minimum absolute atomic E-state index is 0.0771. The second kappa shape index (κ2) is 3.66. The molecule has 1 aliphatic heterocycles. The van der Waals surface area contributed by atoms with Crippen molar-refractivity contribution < 1.29 is 14.6 Å². The molecule has 0 aromatic heterocycles. The quantitative estimate of drug-likeness (QED) is 0.707. The summed E-state index contributed by atoms with van der Waals surface area (Å²) in [5.41, 5.74) is 0. The fraction of sp³-hybridized carbons (Fsp3) is 0.900. The van der Waals surface area contributed by atoms with Crippen molar-refractivity contribution in [2.24, 2.45) is 17.8 Å². The van der Waals surface area contributed by atoms with E-state index < -0.39 is 5.97 Å². The first-order valence-electron chi connectivity index (χ1n) is 5.09. The second-order valence-corrected chi connectivity index (χ2v) is 4.16. The molecule has 3 unspecified atom stereocenters. The lowest BCUT2D eigenvalue weighted by Crippen LogP contribution is -2.40. The lowest BCUT2D eigenvalue weighted by Gasteiger charge is -2.40. The highest BCUT2D eigenvalue weighted by atomic mass is 16.5. The number of carboxylic acid groups (broad SMARTS) is 1. The van der Waals surface area contributed by atoms with Gasteiger partial charge in [-0.1, -0.05) is 0 Å². The van der Waals surface area contributed by atoms with Crippen molar-refractivity contribution in [1.82, 2.24) is 0 Å². The average Bonchev–Trinajstić information content (AvgIpc) is 2.02. The first-order valence-corrected chi connectivity index (χ1v) is 5.09. The van der Waals surface area contributed by atoms with Crippen molar-refractivity contribution in [1.29, 1.82) is 0 Å². The third kappa shape index (κ3) is 1.70. The summed E-state index contributed by atoms with van der Waals surface area (Å²) >= 11 is 0. The molecule has 13 heavy (non-hydrogen) atoms. The molecule has 3 atom stereocenters. The highest BCUT2D eigenvalue weighted by molar-refractivity contribution is 5.71. The molecular weight excluding hydrogens is 168 g/mol. The van der Waals surface area contributed by atoms with Gasteiger partial charge in [0.1, 0.15) is 0 Å². The minimum atomic E-state index is -0.609. The molecule has 1 heterocycles. The Morgan fingerprint density at radius 1 is 1.31 bits per heavy atom. The molecule has 1 saturated heterocycles. The third-order valence-corrected chi connectivity index (χ3v) is 3.45. The zero-order chi connectivity index (χ0) is 9.26. The maximum absolute atomic E-state index is 10.8. The lowest BCUT2D eigenvalue weighted by atomic mass is 9.66. The number of aliphatic carboxylic acids is 1. The summed E-state index contributed by atoms with van der Waals surface area (Å²) in [7, 11) is 0. The van der Waals surface area contributed by atoms with E-state index >= 15 is 0 Å². The zero-order valence-electron chi connectivity index (χ0n) is 7.74. The second-order valence-electron chi connectivity index (χ2n) is 4.16. The van der Waals surface area contributed by atoms with Crippen LogP contribution < -0.4 is 0 Å². The van der Waals surface area contributed by atoms with Gasteiger partial charge in [-0.15, -0.1) is 0 Å². The smallest absolute Gasteiger partial charge is 0.306 e. The van der Waals surface area contributed by atoms with Crippen molar-refractivity contribution in [3.8, 4) is 0 Å². The number of ether oxygens (including phenoxy) is 1. The van der Waals surface area contributed by atoms with Gasteiger partial charge >= 0.3 is 5.97 Å². The van der Waals surface area contributed by atoms with Gasteiger partial charge < -0.3 is 9.84 Å². The van der Waals surface area contributed by atoms with Crippen molar-refractivity contribution in [2.75, 3.05) is 13.2 Å². The summed E-state index contributed by atoms with van der Waals surface area (Å²) in [6.45, 7) is 1.65. The summed E-state index contributed by atoms with van der Waals surface area (Å²) in [6.07, 6.45) is 4.23. The molecule has 0 aromatic carbocycles. The topological polar surface area (TPSA) is 46.5 Å². The molecule has 3 nitrogen and oxygen atoms in total. The fourth-order valence-corrected chi connectivity index (χ4v) is 2.50. The molecule has 2 fully saturated rings. The van der Waals surface area contributed by atoms with E-state index in [4.69, 9.17) is 9.84 Å². The summed E-state index contributed by atoms with van der Waals surface area (Å²) in [4.78, 5) is 10.8. The van der Waals surface area contributed by atoms with Crippen LogP contribution in [-0.2, 0) is 9.53 Å². The van der Waals surface area contributed by atoms with Gasteiger partial charge in [-0.25, -0.2) is 0 Å². The maximum atomic E-state index is 10.8. The van der Waals surface area contributed by atoms with Crippen molar-refractivity contribution in [2.45, 2.75) is 25.7 Å². The van der Waals surface area contributed by atoms with Gasteiger partial charge in [-0.3, -0.25) is 4.79 Å². The summed E-state index contributed by atoms with van der Waals surface area (Å²) in [5.74, 6) is 0.231. The number of hydrogen-bond donors (Lipinski definition) is 1. The van der Waals surface area contributed by atoms with Crippen LogP contribution in [-0.4, -0.2) is 24.3 Å². The SMILES string of the molecule is O=C(O)C1CCC1C1CCCOC1. The number of carboxylic acids is 1. The maximum Gasteiger partial charge on any atom is 0.306 e. The number of carbonyl (C=O) groups is 1. The number of rotatable bonds is 2. The monoisotopic (exact) mass is 184 g/mol. The van der Waals surface area contributed by atoms with Gasteiger partial charge in [0.05, 0.1) is 5.92 Å². The van der Waals surface area contributed by atoms with E-state index in [0.717, 1.165) is 38.9 Å². The van der Waals surface area contributed by atoms with Crippen LogP contribution in [0.3, 0.4) is 0 Å². The largest absolute Gasteiger partial charge is 0.481 e. The molecule has 0 radical (unpaired) electrons. The lowest BCUT2D eigenvalue weighted by molar-refractivity contribution is -0.151. The van der Waals surface area contributed by atoms with Crippen LogP contribution in [0.5, 0.6) is 0 Å². The minimum Gasteiger partial charge on any atom is -0.481 e. The van der Waals surface area contributed by atoms with Crippen LogP contribution >= 0.6 is 0 Å². The van der Waals surface area contributed by atoms with Crippen LogP contribution in [0.4, 0.5) is 0 Å².